The molecule has 0 atom stereocenters. The monoisotopic (exact) mass is 187 g/mol. The summed E-state index contributed by atoms with van der Waals surface area (Å²) in [5, 5.41) is 0. The second-order valence-corrected chi connectivity index (χ2v) is 3.17. The van der Waals surface area contributed by atoms with Crippen LogP contribution >= 0.6 is 0 Å². The summed E-state index contributed by atoms with van der Waals surface area (Å²) in [6.45, 7) is 1.94. The quantitative estimate of drug-likeness (QED) is 0.668. The van der Waals surface area contributed by atoms with Gasteiger partial charge in [-0.25, -0.2) is 4.39 Å². The first kappa shape index (κ1) is 8.88. The largest absolute Gasteiger partial charge is 0.253 e. The summed E-state index contributed by atoms with van der Waals surface area (Å²) in [5.41, 5.74) is 2.78. The molecule has 0 spiro atoms. The molecule has 0 fully saturated rings. The summed E-state index contributed by atoms with van der Waals surface area (Å²) >= 11 is 0. The van der Waals surface area contributed by atoms with E-state index >= 15 is 0 Å². The molecule has 0 aliphatic carbocycles. The second kappa shape index (κ2) is 3.58. The Balaban J connectivity index is 2.44. The molecule has 14 heavy (non-hydrogen) atoms. The molecule has 0 aliphatic heterocycles. The van der Waals surface area contributed by atoms with Crippen LogP contribution in [0.25, 0.3) is 11.3 Å². The van der Waals surface area contributed by atoms with Gasteiger partial charge < -0.3 is 0 Å². The van der Waals surface area contributed by atoms with Crippen LogP contribution < -0.4 is 0 Å². The Bertz CT molecular complexity index is 434. The Morgan fingerprint density at radius 2 is 1.71 bits per heavy atom. The zero-order chi connectivity index (χ0) is 9.97. The zero-order valence-corrected chi connectivity index (χ0v) is 7.87. The fourth-order valence-electron chi connectivity index (χ4n) is 1.32. The first-order valence-corrected chi connectivity index (χ1v) is 4.45. The molecule has 0 unspecified atom stereocenters. The fraction of sp³-hybridized carbons (Fsp3) is 0.0833. The Morgan fingerprint density at radius 3 is 2.36 bits per heavy atom. The van der Waals surface area contributed by atoms with E-state index in [2.05, 4.69) is 4.98 Å². The van der Waals surface area contributed by atoms with Gasteiger partial charge in [-0.2, -0.15) is 0 Å². The number of halogens is 1. The summed E-state index contributed by atoms with van der Waals surface area (Å²) in [6.07, 6.45) is 0. The lowest BCUT2D eigenvalue weighted by Gasteiger charge is -2.01. The zero-order valence-electron chi connectivity index (χ0n) is 7.87. The number of aryl methyl sites for hydroxylation is 1. The van der Waals surface area contributed by atoms with Crippen LogP contribution in [-0.2, 0) is 0 Å². The van der Waals surface area contributed by atoms with Gasteiger partial charge in [0.15, 0.2) is 0 Å². The lowest BCUT2D eigenvalue weighted by molar-refractivity contribution is 0.628. The molecular weight excluding hydrogens is 177 g/mol. The van der Waals surface area contributed by atoms with Crippen molar-refractivity contribution in [2.75, 3.05) is 0 Å². The average Bonchev–Trinajstić information content (AvgIpc) is 2.19. The van der Waals surface area contributed by atoms with E-state index in [0.29, 0.717) is 0 Å². The molecule has 0 aliphatic rings. The van der Waals surface area contributed by atoms with Gasteiger partial charge in [0.1, 0.15) is 5.82 Å². The van der Waals surface area contributed by atoms with Crippen LogP contribution in [0.2, 0.25) is 0 Å². The maximum absolute atomic E-state index is 12.7. The maximum atomic E-state index is 12.7. The number of rotatable bonds is 1. The van der Waals surface area contributed by atoms with Gasteiger partial charge in [-0.1, -0.05) is 6.07 Å². The van der Waals surface area contributed by atoms with Gasteiger partial charge in [0.05, 0.1) is 5.69 Å². The third-order valence-electron chi connectivity index (χ3n) is 2.03. The van der Waals surface area contributed by atoms with Crippen molar-refractivity contribution in [3.05, 3.63) is 54.0 Å². The predicted molar refractivity (Wildman–Crippen MR) is 54.4 cm³/mol. The lowest BCUT2D eigenvalue weighted by Crippen LogP contribution is -1.85. The van der Waals surface area contributed by atoms with E-state index in [-0.39, 0.29) is 5.82 Å². The molecule has 0 amide bonds. The number of aromatic nitrogens is 1. The van der Waals surface area contributed by atoms with Crippen molar-refractivity contribution in [1.82, 2.24) is 4.98 Å². The van der Waals surface area contributed by atoms with E-state index in [4.69, 9.17) is 0 Å². The van der Waals surface area contributed by atoms with Crippen molar-refractivity contribution >= 4 is 0 Å². The Morgan fingerprint density at radius 1 is 1.00 bits per heavy atom. The van der Waals surface area contributed by atoms with Crippen molar-refractivity contribution in [2.24, 2.45) is 0 Å². The third kappa shape index (κ3) is 1.79. The SMILES string of the molecule is Cc1cccc(-c2ccc(F)cc2)n1. The van der Waals surface area contributed by atoms with Crippen LogP contribution in [0, 0.1) is 12.7 Å². The molecule has 0 radical (unpaired) electrons. The average molecular weight is 187 g/mol. The van der Waals surface area contributed by atoms with Crippen LogP contribution in [-0.4, -0.2) is 4.98 Å². The molecule has 2 aromatic rings. The highest BCUT2D eigenvalue weighted by atomic mass is 19.1. The number of benzene rings is 1. The standard InChI is InChI=1S/C12H10FN/c1-9-3-2-4-12(14-9)10-5-7-11(13)8-6-10/h2-8H,1H3. The summed E-state index contributed by atoms with van der Waals surface area (Å²) in [5.74, 6) is -0.221. The van der Waals surface area contributed by atoms with Crippen LogP contribution in [0.1, 0.15) is 5.69 Å². The molecule has 1 aromatic heterocycles. The van der Waals surface area contributed by atoms with E-state index < -0.39 is 0 Å². The normalized spacial score (nSPS) is 10.1. The molecule has 1 aromatic carbocycles. The highest BCUT2D eigenvalue weighted by Gasteiger charge is 1.98. The van der Waals surface area contributed by atoms with Crippen LogP contribution in [0.15, 0.2) is 42.5 Å². The molecule has 0 N–H and O–H groups in total. The van der Waals surface area contributed by atoms with Gasteiger partial charge in [-0.05, 0) is 43.3 Å². The number of pyridine rings is 1. The Hall–Kier alpha value is -1.70. The third-order valence-corrected chi connectivity index (χ3v) is 2.03. The number of hydrogen-bond donors (Lipinski definition) is 0. The highest BCUT2D eigenvalue weighted by molar-refractivity contribution is 5.58. The predicted octanol–water partition coefficient (Wildman–Crippen LogP) is 3.20. The smallest absolute Gasteiger partial charge is 0.123 e. The van der Waals surface area contributed by atoms with Crippen molar-refractivity contribution < 1.29 is 4.39 Å². The summed E-state index contributed by atoms with van der Waals surface area (Å²) in [4.78, 5) is 4.35. The maximum Gasteiger partial charge on any atom is 0.123 e. The second-order valence-electron chi connectivity index (χ2n) is 3.17. The van der Waals surface area contributed by atoms with Gasteiger partial charge in [0.2, 0.25) is 0 Å². The lowest BCUT2D eigenvalue weighted by atomic mass is 10.1. The van der Waals surface area contributed by atoms with Crippen LogP contribution in [0.4, 0.5) is 4.39 Å². The van der Waals surface area contributed by atoms with Gasteiger partial charge in [-0.3, -0.25) is 4.98 Å². The van der Waals surface area contributed by atoms with Crippen LogP contribution in [0.5, 0.6) is 0 Å². The minimum atomic E-state index is -0.221. The highest BCUT2D eigenvalue weighted by Crippen LogP contribution is 2.17. The van der Waals surface area contributed by atoms with Gasteiger partial charge in [-0.15, -0.1) is 0 Å². The van der Waals surface area contributed by atoms with Crippen molar-refractivity contribution in [3.63, 3.8) is 0 Å². The van der Waals surface area contributed by atoms with Gasteiger partial charge >= 0.3 is 0 Å². The molecule has 0 bridgehead atoms. The van der Waals surface area contributed by atoms with E-state index in [1.54, 1.807) is 12.1 Å². The van der Waals surface area contributed by atoms with Crippen molar-refractivity contribution in [1.29, 1.82) is 0 Å². The number of hydrogen-bond acceptors (Lipinski definition) is 1. The molecule has 70 valence electrons. The van der Waals surface area contributed by atoms with E-state index in [9.17, 15) is 4.39 Å². The first-order chi connectivity index (χ1) is 6.75. The van der Waals surface area contributed by atoms with Gasteiger partial charge in [0, 0.05) is 11.3 Å². The molecule has 2 rings (SSSR count). The molecule has 0 saturated heterocycles. The fourth-order valence-corrected chi connectivity index (χ4v) is 1.32. The Kier molecular flexibility index (Phi) is 2.27. The van der Waals surface area contributed by atoms with E-state index in [0.717, 1.165) is 17.0 Å². The molecule has 1 nitrogen and oxygen atoms in total. The molecule has 1 heterocycles. The first-order valence-electron chi connectivity index (χ1n) is 4.45. The summed E-state index contributed by atoms with van der Waals surface area (Å²) < 4.78 is 12.7. The topological polar surface area (TPSA) is 12.9 Å². The number of nitrogens with zero attached hydrogens (tertiary/aromatic N) is 1. The van der Waals surface area contributed by atoms with Crippen molar-refractivity contribution in [2.45, 2.75) is 6.92 Å². The summed E-state index contributed by atoms with van der Waals surface area (Å²) in [7, 11) is 0. The summed E-state index contributed by atoms with van der Waals surface area (Å²) in [6, 6.07) is 12.2. The minimum Gasteiger partial charge on any atom is -0.253 e. The van der Waals surface area contributed by atoms with Gasteiger partial charge in [0.25, 0.3) is 0 Å². The molecular formula is C12H10FN. The molecule has 0 saturated carbocycles. The minimum absolute atomic E-state index is 0.221. The molecule has 2 heteroatoms. The Labute approximate surface area is 82.2 Å². The van der Waals surface area contributed by atoms with E-state index in [1.807, 2.05) is 25.1 Å². The van der Waals surface area contributed by atoms with E-state index in [1.165, 1.54) is 12.1 Å². The van der Waals surface area contributed by atoms with Crippen molar-refractivity contribution in [3.8, 4) is 11.3 Å². The van der Waals surface area contributed by atoms with Crippen LogP contribution in [0.3, 0.4) is 0 Å².